The van der Waals surface area contributed by atoms with Crippen molar-refractivity contribution in [3.63, 3.8) is 0 Å². The minimum atomic E-state index is 0.972. The molecule has 0 aliphatic carbocycles. The topological polar surface area (TPSA) is 38.8 Å². The maximum Gasteiger partial charge on any atom is 0.0783 e. The molecule has 0 aliphatic rings. The van der Waals surface area contributed by atoms with Crippen molar-refractivity contribution in [2.75, 3.05) is 0 Å². The summed E-state index contributed by atoms with van der Waals surface area (Å²) in [6.45, 7) is 0. The fourth-order valence-corrected chi connectivity index (χ4v) is 0.986. The Morgan fingerprint density at radius 3 is 3.00 bits per heavy atom. The van der Waals surface area contributed by atoms with Crippen LogP contribution in [-0.4, -0.2) is 9.31 Å². The fraction of sp³-hybridized carbons (Fsp3) is 0. The average molecular weight is 135 g/mol. The molecule has 0 unspecified atom stereocenters. The third kappa shape index (κ3) is 0.500. The van der Waals surface area contributed by atoms with Crippen molar-refractivity contribution in [2.24, 2.45) is 5.29 Å². The zero-order valence-corrected chi connectivity index (χ0v) is 5.14. The van der Waals surface area contributed by atoms with Gasteiger partial charge < -0.3 is 0 Å². The number of nitroso groups, excluding NO2 is 1. The van der Waals surface area contributed by atoms with Crippen molar-refractivity contribution in [3.8, 4) is 0 Å². The number of hydrogen-bond donors (Lipinski definition) is 0. The Kier molecular flexibility index (Phi) is 0.887. The Morgan fingerprint density at radius 2 is 2.20 bits per heavy atom. The Morgan fingerprint density at radius 1 is 1.30 bits per heavy atom. The molecule has 50 valence electrons. The Labute approximate surface area is 56.6 Å². The van der Waals surface area contributed by atoms with E-state index in [1.807, 2.05) is 18.2 Å². The number of rotatable bonds is 1. The molecule has 2 rings (SSSR count). The summed E-state index contributed by atoms with van der Waals surface area (Å²) in [6.07, 6.45) is 3.39. The molecule has 4 nitrogen and oxygen atoms in total. The molecule has 4 heteroatoms. The van der Waals surface area contributed by atoms with Gasteiger partial charge in [0, 0.05) is 6.20 Å². The third-order valence-corrected chi connectivity index (χ3v) is 1.44. The van der Waals surface area contributed by atoms with E-state index >= 15 is 0 Å². The van der Waals surface area contributed by atoms with Crippen LogP contribution in [0.3, 0.4) is 0 Å². The van der Waals surface area contributed by atoms with Crippen LogP contribution in [0, 0.1) is 4.91 Å². The van der Waals surface area contributed by atoms with Crippen molar-refractivity contribution in [2.45, 2.75) is 0 Å². The van der Waals surface area contributed by atoms with Crippen molar-refractivity contribution >= 4 is 5.52 Å². The van der Waals surface area contributed by atoms with Crippen LogP contribution in [0.15, 0.2) is 35.9 Å². The van der Waals surface area contributed by atoms with E-state index in [1.54, 1.807) is 16.9 Å². The predicted molar refractivity (Wildman–Crippen MR) is 36.6 cm³/mol. The minimum absolute atomic E-state index is 0.972. The second-order valence-electron chi connectivity index (χ2n) is 2.00. The lowest BCUT2D eigenvalue weighted by Gasteiger charge is -1.88. The van der Waals surface area contributed by atoms with Gasteiger partial charge in [0.1, 0.15) is 0 Å². The lowest BCUT2D eigenvalue weighted by Crippen LogP contribution is -1.92. The van der Waals surface area contributed by atoms with Crippen LogP contribution in [0.5, 0.6) is 0 Å². The molecule has 0 fully saturated rings. The van der Waals surface area contributed by atoms with E-state index in [1.165, 1.54) is 4.79 Å². The second kappa shape index (κ2) is 1.70. The molecule has 10 heavy (non-hydrogen) atoms. The minimum Gasteiger partial charge on any atom is -0.238 e. The second-order valence-corrected chi connectivity index (χ2v) is 2.00. The van der Waals surface area contributed by atoms with Crippen molar-refractivity contribution in [1.82, 2.24) is 9.31 Å². The molecule has 0 saturated carbocycles. The lowest BCUT2D eigenvalue weighted by molar-refractivity contribution is 0.680. The van der Waals surface area contributed by atoms with Crippen molar-refractivity contribution in [3.05, 3.63) is 35.5 Å². The number of nitrogens with zero attached hydrogens (tertiary/aromatic N) is 3. The summed E-state index contributed by atoms with van der Waals surface area (Å²) >= 11 is 0. The van der Waals surface area contributed by atoms with E-state index in [2.05, 4.69) is 5.29 Å². The zero-order chi connectivity index (χ0) is 6.97. The molecule has 0 spiro atoms. The van der Waals surface area contributed by atoms with Gasteiger partial charge in [0.15, 0.2) is 0 Å². The van der Waals surface area contributed by atoms with Crippen LogP contribution in [0.2, 0.25) is 0 Å². The molecule has 2 aromatic rings. The SMILES string of the molecule is O=Nn1ccc2cccn21. The molecule has 0 aromatic carbocycles. The molecule has 0 amide bonds. The smallest absolute Gasteiger partial charge is 0.0783 e. The summed E-state index contributed by atoms with van der Waals surface area (Å²) in [5.41, 5.74) is 0.972. The van der Waals surface area contributed by atoms with Crippen molar-refractivity contribution < 1.29 is 0 Å². The van der Waals surface area contributed by atoms with Gasteiger partial charge >= 0.3 is 0 Å². The summed E-state index contributed by atoms with van der Waals surface area (Å²) in [6, 6.07) is 5.58. The highest BCUT2D eigenvalue weighted by atomic mass is 16.3. The molecule has 2 aromatic heterocycles. The molecule has 0 bridgehead atoms. The van der Waals surface area contributed by atoms with Gasteiger partial charge in [-0.25, -0.2) is 4.52 Å². The molecule has 0 aliphatic heterocycles. The van der Waals surface area contributed by atoms with Gasteiger partial charge in [-0.3, -0.25) is 0 Å². The lowest BCUT2D eigenvalue weighted by atomic mass is 10.5. The summed E-state index contributed by atoms with van der Waals surface area (Å²) in [5, 5.41) is 2.76. The van der Waals surface area contributed by atoms with Crippen LogP contribution < -0.4 is 0 Å². The Hall–Kier alpha value is -1.58. The number of fused-ring (bicyclic) bond motifs is 1. The first kappa shape index (κ1) is 5.22. The monoisotopic (exact) mass is 135 g/mol. The Balaban J connectivity index is 2.88. The van der Waals surface area contributed by atoms with Gasteiger partial charge in [-0.1, -0.05) is 0 Å². The number of hydrogen-bond acceptors (Lipinski definition) is 2. The van der Waals surface area contributed by atoms with Crippen LogP contribution in [0.25, 0.3) is 5.52 Å². The molecule has 2 heterocycles. The zero-order valence-electron chi connectivity index (χ0n) is 5.14. The van der Waals surface area contributed by atoms with Crippen molar-refractivity contribution in [1.29, 1.82) is 0 Å². The molecule has 0 radical (unpaired) electrons. The summed E-state index contributed by atoms with van der Waals surface area (Å²) in [4.78, 5) is 11.3. The highest BCUT2D eigenvalue weighted by Crippen LogP contribution is 2.04. The maximum atomic E-state index is 10.1. The van der Waals surface area contributed by atoms with Gasteiger partial charge in [0.25, 0.3) is 0 Å². The van der Waals surface area contributed by atoms with Crippen LogP contribution >= 0.6 is 0 Å². The summed E-state index contributed by atoms with van der Waals surface area (Å²) in [5.74, 6) is 0. The molecular weight excluding hydrogens is 130 g/mol. The van der Waals surface area contributed by atoms with Gasteiger partial charge in [-0.15, -0.1) is 9.70 Å². The molecule has 0 N–H and O–H groups in total. The highest BCUT2D eigenvalue weighted by molar-refractivity contribution is 5.45. The highest BCUT2D eigenvalue weighted by Gasteiger charge is 1.95. The predicted octanol–water partition coefficient (Wildman–Crippen LogP) is 1.27. The first-order chi connectivity index (χ1) is 4.92. The van der Waals surface area contributed by atoms with E-state index < -0.39 is 0 Å². The number of aromatic nitrogens is 2. The Bertz CT molecular complexity index is 360. The molecule has 0 saturated heterocycles. The first-order valence-electron chi connectivity index (χ1n) is 2.90. The summed E-state index contributed by atoms with van der Waals surface area (Å²) < 4.78 is 1.66. The molecule has 0 atom stereocenters. The summed E-state index contributed by atoms with van der Waals surface area (Å²) in [7, 11) is 0. The first-order valence-corrected chi connectivity index (χ1v) is 2.90. The van der Waals surface area contributed by atoms with E-state index in [-0.39, 0.29) is 0 Å². The fourth-order valence-electron chi connectivity index (χ4n) is 0.986. The standard InChI is InChI=1S/C6H5N3O/c10-7-9-5-3-6-2-1-4-8(6)9/h1-5H. The van der Waals surface area contributed by atoms with E-state index in [0.717, 1.165) is 5.52 Å². The quantitative estimate of drug-likeness (QED) is 0.542. The van der Waals surface area contributed by atoms with Gasteiger partial charge in [0.05, 0.1) is 17.0 Å². The molecular formula is C6H5N3O. The average Bonchev–Trinajstić information content (AvgIpc) is 2.44. The normalized spacial score (nSPS) is 10.4. The van der Waals surface area contributed by atoms with E-state index in [9.17, 15) is 4.91 Å². The van der Waals surface area contributed by atoms with E-state index in [0.29, 0.717) is 0 Å². The van der Waals surface area contributed by atoms with E-state index in [4.69, 9.17) is 0 Å². The van der Waals surface area contributed by atoms with Crippen LogP contribution in [0.4, 0.5) is 0 Å². The third-order valence-electron chi connectivity index (χ3n) is 1.44. The van der Waals surface area contributed by atoms with Gasteiger partial charge in [-0.05, 0) is 18.2 Å². The maximum absolute atomic E-state index is 10.1. The van der Waals surface area contributed by atoms with Gasteiger partial charge in [0.2, 0.25) is 0 Å². The largest absolute Gasteiger partial charge is 0.238 e. The van der Waals surface area contributed by atoms with Crippen LogP contribution in [0.1, 0.15) is 0 Å². The van der Waals surface area contributed by atoms with Gasteiger partial charge in [-0.2, -0.15) is 0 Å². The van der Waals surface area contributed by atoms with Crippen LogP contribution in [-0.2, 0) is 0 Å².